The molecular formula is C48H34N6. The molecule has 2 aliphatic rings. The molecule has 0 N–H and O–H groups in total. The molecule has 0 fully saturated rings. The standard InChI is InChI=1S/C48H34N6/c1-47(2)33-15-9-7-11-27(33)31-17-19-37-41(43(31)47)45-39(23-49-25-51-45)53(37)35-21-22-36(30-14-6-5-13-29(30)35)54-38-20-18-32-28-12-8-10-16-34(28)48(3,4)44(32)42(38)46-40(54)24-50-26-52-46/h5-26H,1-4H3. The van der Waals surface area contributed by atoms with Crippen LogP contribution in [0.1, 0.15) is 49.9 Å². The maximum absolute atomic E-state index is 4.97. The van der Waals surface area contributed by atoms with Gasteiger partial charge in [0.05, 0.1) is 45.8 Å². The number of fused-ring (bicyclic) bond motifs is 15. The monoisotopic (exact) mass is 694 g/mol. The second kappa shape index (κ2) is 10.1. The van der Waals surface area contributed by atoms with Crippen molar-refractivity contribution in [1.29, 1.82) is 0 Å². The molecular weight excluding hydrogens is 661 g/mol. The van der Waals surface area contributed by atoms with Crippen LogP contribution >= 0.6 is 0 Å². The first-order valence-corrected chi connectivity index (χ1v) is 18.6. The molecule has 10 aromatic rings. The molecule has 0 aliphatic heterocycles. The summed E-state index contributed by atoms with van der Waals surface area (Å²) in [6.07, 6.45) is 7.31. The number of aromatic nitrogens is 6. The second-order valence-corrected chi connectivity index (χ2v) is 15.9. The van der Waals surface area contributed by atoms with Gasteiger partial charge in [0.1, 0.15) is 23.7 Å². The molecule has 0 amide bonds. The van der Waals surface area contributed by atoms with Crippen molar-refractivity contribution in [3.8, 4) is 33.6 Å². The maximum Gasteiger partial charge on any atom is 0.116 e. The van der Waals surface area contributed by atoms with Crippen LogP contribution in [-0.2, 0) is 10.8 Å². The predicted octanol–water partition coefficient (Wildman–Crippen LogP) is 11.2. The highest BCUT2D eigenvalue weighted by atomic mass is 15.0. The third-order valence-electron chi connectivity index (χ3n) is 12.6. The Labute approximate surface area is 311 Å². The van der Waals surface area contributed by atoms with Crippen LogP contribution in [0.25, 0.3) is 88.3 Å². The van der Waals surface area contributed by atoms with Crippen LogP contribution in [0.3, 0.4) is 0 Å². The summed E-state index contributed by atoms with van der Waals surface area (Å²) in [6, 6.07) is 40.1. The van der Waals surface area contributed by atoms with Crippen molar-refractivity contribution in [1.82, 2.24) is 29.1 Å². The van der Waals surface area contributed by atoms with Gasteiger partial charge in [-0.3, -0.25) is 0 Å². The van der Waals surface area contributed by atoms with Crippen molar-refractivity contribution >= 4 is 54.6 Å². The molecule has 54 heavy (non-hydrogen) atoms. The van der Waals surface area contributed by atoms with Crippen LogP contribution in [0.5, 0.6) is 0 Å². The van der Waals surface area contributed by atoms with E-state index in [4.69, 9.17) is 9.97 Å². The minimum absolute atomic E-state index is 0.184. The van der Waals surface area contributed by atoms with E-state index in [9.17, 15) is 0 Å². The van der Waals surface area contributed by atoms with E-state index in [0.29, 0.717) is 0 Å². The minimum atomic E-state index is -0.184. The van der Waals surface area contributed by atoms with Gasteiger partial charge in [-0.25, -0.2) is 19.9 Å². The van der Waals surface area contributed by atoms with E-state index in [-0.39, 0.29) is 10.8 Å². The molecule has 256 valence electrons. The van der Waals surface area contributed by atoms with Gasteiger partial charge >= 0.3 is 0 Å². The highest BCUT2D eigenvalue weighted by Crippen LogP contribution is 2.55. The van der Waals surface area contributed by atoms with Crippen LogP contribution < -0.4 is 0 Å². The molecule has 0 spiro atoms. The molecule has 0 saturated carbocycles. The summed E-state index contributed by atoms with van der Waals surface area (Å²) >= 11 is 0. The number of hydrogen-bond donors (Lipinski definition) is 0. The summed E-state index contributed by atoms with van der Waals surface area (Å²) in [5, 5.41) is 4.66. The molecule has 4 aromatic heterocycles. The number of benzene rings is 6. The highest BCUT2D eigenvalue weighted by molar-refractivity contribution is 6.16. The van der Waals surface area contributed by atoms with E-state index in [1.165, 1.54) is 55.3 Å². The lowest BCUT2D eigenvalue weighted by Gasteiger charge is -2.22. The van der Waals surface area contributed by atoms with E-state index in [0.717, 1.165) is 55.2 Å². The first-order chi connectivity index (χ1) is 26.4. The van der Waals surface area contributed by atoms with Gasteiger partial charge in [0.2, 0.25) is 0 Å². The first-order valence-electron chi connectivity index (χ1n) is 18.6. The fourth-order valence-corrected chi connectivity index (χ4v) is 10.4. The third-order valence-corrected chi connectivity index (χ3v) is 12.6. The predicted molar refractivity (Wildman–Crippen MR) is 219 cm³/mol. The average Bonchev–Trinajstić information content (AvgIpc) is 3.86. The topological polar surface area (TPSA) is 61.4 Å². The molecule has 0 saturated heterocycles. The van der Waals surface area contributed by atoms with Crippen LogP contribution in [0.15, 0.2) is 134 Å². The van der Waals surface area contributed by atoms with E-state index < -0.39 is 0 Å². The summed E-state index contributed by atoms with van der Waals surface area (Å²) in [5.41, 5.74) is 18.5. The van der Waals surface area contributed by atoms with Crippen LogP contribution in [0.2, 0.25) is 0 Å². The summed E-state index contributed by atoms with van der Waals surface area (Å²) in [7, 11) is 0. The second-order valence-electron chi connectivity index (χ2n) is 15.9. The maximum atomic E-state index is 4.97. The Hall–Kier alpha value is -6.66. The molecule has 12 rings (SSSR count). The summed E-state index contributed by atoms with van der Waals surface area (Å²) in [5.74, 6) is 0. The van der Waals surface area contributed by atoms with Gasteiger partial charge in [0.25, 0.3) is 0 Å². The van der Waals surface area contributed by atoms with Gasteiger partial charge < -0.3 is 9.13 Å². The third kappa shape index (κ3) is 3.51. The zero-order valence-electron chi connectivity index (χ0n) is 30.4. The Morgan fingerprint density at radius 2 is 0.852 bits per heavy atom. The van der Waals surface area contributed by atoms with Gasteiger partial charge in [0.15, 0.2) is 0 Å². The van der Waals surface area contributed by atoms with Gasteiger partial charge in [-0.05, 0) is 68.8 Å². The Kier molecular flexibility index (Phi) is 5.56. The van der Waals surface area contributed by atoms with E-state index in [2.05, 4.69) is 156 Å². The van der Waals surface area contributed by atoms with E-state index >= 15 is 0 Å². The molecule has 0 unspecified atom stereocenters. The molecule has 6 nitrogen and oxygen atoms in total. The Morgan fingerprint density at radius 1 is 0.426 bits per heavy atom. The van der Waals surface area contributed by atoms with E-state index in [1.807, 2.05) is 12.4 Å². The number of hydrogen-bond acceptors (Lipinski definition) is 4. The Bertz CT molecular complexity index is 3070. The van der Waals surface area contributed by atoms with Crippen molar-refractivity contribution in [3.05, 3.63) is 156 Å². The summed E-state index contributed by atoms with van der Waals surface area (Å²) in [6.45, 7) is 9.37. The van der Waals surface area contributed by atoms with Gasteiger partial charge in [-0.1, -0.05) is 113 Å². The molecule has 4 heterocycles. The van der Waals surface area contributed by atoms with Crippen molar-refractivity contribution in [2.45, 2.75) is 38.5 Å². The van der Waals surface area contributed by atoms with Gasteiger partial charge in [-0.15, -0.1) is 0 Å². The van der Waals surface area contributed by atoms with E-state index in [1.54, 1.807) is 12.7 Å². The molecule has 6 heteroatoms. The smallest absolute Gasteiger partial charge is 0.116 e. The molecule has 0 atom stereocenters. The van der Waals surface area contributed by atoms with Crippen molar-refractivity contribution in [2.24, 2.45) is 0 Å². The lowest BCUT2D eigenvalue weighted by Crippen LogP contribution is -2.15. The van der Waals surface area contributed by atoms with Gasteiger partial charge in [-0.2, -0.15) is 0 Å². The van der Waals surface area contributed by atoms with Crippen LogP contribution in [-0.4, -0.2) is 29.1 Å². The fourth-order valence-electron chi connectivity index (χ4n) is 10.4. The zero-order chi connectivity index (χ0) is 36.1. The van der Waals surface area contributed by atoms with Gasteiger partial charge in [0, 0.05) is 32.4 Å². The molecule has 0 radical (unpaired) electrons. The zero-order valence-corrected chi connectivity index (χ0v) is 30.4. The Morgan fingerprint density at radius 3 is 1.31 bits per heavy atom. The largest absolute Gasteiger partial charge is 0.306 e. The SMILES string of the molecule is CC1(C)c2ccccc2-c2ccc3c(c21)c1ncncc1n3-c1ccc(-n2c3cncnc3c3c4c(ccc32)-c2ccccc2C4(C)C)c2ccccc12. The van der Waals surface area contributed by atoms with Crippen LogP contribution in [0, 0.1) is 0 Å². The summed E-state index contributed by atoms with van der Waals surface area (Å²) in [4.78, 5) is 19.1. The average molecular weight is 695 g/mol. The molecule has 0 bridgehead atoms. The number of nitrogens with zero attached hydrogens (tertiary/aromatic N) is 6. The normalized spacial score (nSPS) is 15.0. The Balaban J connectivity index is 1.15. The van der Waals surface area contributed by atoms with Crippen LogP contribution in [0.4, 0.5) is 0 Å². The fraction of sp³-hybridized carbons (Fsp3) is 0.125. The quantitative estimate of drug-likeness (QED) is 0.181. The van der Waals surface area contributed by atoms with Crippen molar-refractivity contribution < 1.29 is 0 Å². The van der Waals surface area contributed by atoms with Crippen molar-refractivity contribution in [3.63, 3.8) is 0 Å². The number of rotatable bonds is 2. The first kappa shape index (κ1) is 29.9. The molecule has 6 aromatic carbocycles. The molecule has 2 aliphatic carbocycles. The summed E-state index contributed by atoms with van der Waals surface area (Å²) < 4.78 is 4.75. The lowest BCUT2D eigenvalue weighted by molar-refractivity contribution is 0.666. The minimum Gasteiger partial charge on any atom is -0.306 e. The lowest BCUT2D eigenvalue weighted by atomic mass is 9.81. The van der Waals surface area contributed by atoms with Crippen molar-refractivity contribution in [2.75, 3.05) is 0 Å². The highest BCUT2D eigenvalue weighted by Gasteiger charge is 2.40.